The molecule has 2 saturated heterocycles. The van der Waals surface area contributed by atoms with Gasteiger partial charge in [-0.15, -0.1) is 0 Å². The lowest BCUT2D eigenvalue weighted by Crippen LogP contribution is -2.26. The van der Waals surface area contributed by atoms with Crippen LogP contribution in [0.1, 0.15) is 44.1 Å². The first-order chi connectivity index (χ1) is 13.6. The number of fused-ring (bicyclic) bond motifs is 2. The molecule has 2 aliphatic carbocycles. The van der Waals surface area contributed by atoms with Gasteiger partial charge in [0.25, 0.3) is 0 Å². The number of rotatable bonds is 2. The average Bonchev–Trinajstić information content (AvgIpc) is 3.30. The molecule has 1 aromatic heterocycles. The van der Waals surface area contributed by atoms with Crippen LogP contribution in [-0.4, -0.2) is 53.6 Å². The Hall–Kier alpha value is -1.84. The number of aliphatic hydroxyl groups is 2. The van der Waals surface area contributed by atoms with Crippen LogP contribution in [0.5, 0.6) is 0 Å². The third-order valence-corrected chi connectivity index (χ3v) is 7.65. The molecular formula is C22H30N4O2. The molecule has 6 heteroatoms. The number of aromatic nitrogens is 1. The zero-order chi connectivity index (χ0) is 19.3. The van der Waals surface area contributed by atoms with Crippen LogP contribution in [-0.2, 0) is 0 Å². The molecule has 2 N–H and O–H groups in total. The SMILES string of the molecule is N#Cc1ccc(N2CC3CCC(O)CC3C2)nc1N1CC2CCC(O)CC2C1. The van der Waals surface area contributed by atoms with E-state index in [1.165, 1.54) is 0 Å². The molecule has 6 atom stereocenters. The molecule has 150 valence electrons. The number of nitriles is 1. The van der Waals surface area contributed by atoms with Gasteiger partial charge in [-0.25, -0.2) is 4.98 Å². The Morgan fingerprint density at radius 2 is 1.39 bits per heavy atom. The van der Waals surface area contributed by atoms with E-state index in [0.717, 1.165) is 76.3 Å². The largest absolute Gasteiger partial charge is 0.393 e. The fourth-order valence-electron chi connectivity index (χ4n) is 6.12. The van der Waals surface area contributed by atoms with E-state index >= 15 is 0 Å². The highest BCUT2D eigenvalue weighted by atomic mass is 16.3. The molecule has 0 radical (unpaired) electrons. The van der Waals surface area contributed by atoms with Crippen molar-refractivity contribution in [2.45, 2.75) is 50.7 Å². The van der Waals surface area contributed by atoms with E-state index in [1.54, 1.807) is 0 Å². The summed E-state index contributed by atoms with van der Waals surface area (Å²) in [5.41, 5.74) is 0.648. The lowest BCUT2D eigenvalue weighted by molar-refractivity contribution is 0.0865. The van der Waals surface area contributed by atoms with Gasteiger partial charge in [-0.1, -0.05) is 0 Å². The Bertz CT molecular complexity index is 778. The third-order valence-electron chi connectivity index (χ3n) is 7.65. The summed E-state index contributed by atoms with van der Waals surface area (Å²) in [6.07, 6.45) is 5.46. The Kier molecular flexibility index (Phi) is 4.68. The van der Waals surface area contributed by atoms with E-state index in [1.807, 2.05) is 12.1 Å². The number of hydrogen-bond acceptors (Lipinski definition) is 6. The molecule has 0 bridgehead atoms. The van der Waals surface area contributed by atoms with Gasteiger partial charge in [0.2, 0.25) is 0 Å². The van der Waals surface area contributed by atoms with Crippen molar-refractivity contribution in [2.75, 3.05) is 36.0 Å². The molecule has 2 aliphatic heterocycles. The molecule has 5 rings (SSSR count). The van der Waals surface area contributed by atoms with Gasteiger partial charge in [-0.05, 0) is 74.3 Å². The molecular weight excluding hydrogens is 352 g/mol. The van der Waals surface area contributed by atoms with Crippen LogP contribution < -0.4 is 9.80 Å². The van der Waals surface area contributed by atoms with E-state index in [0.29, 0.717) is 29.2 Å². The van der Waals surface area contributed by atoms with Crippen molar-refractivity contribution in [3.63, 3.8) is 0 Å². The van der Waals surface area contributed by atoms with Crippen LogP contribution in [0.4, 0.5) is 11.6 Å². The van der Waals surface area contributed by atoms with Gasteiger partial charge in [0.05, 0.1) is 17.8 Å². The van der Waals surface area contributed by atoms with E-state index in [4.69, 9.17) is 4.98 Å². The first-order valence-electron chi connectivity index (χ1n) is 10.9. The van der Waals surface area contributed by atoms with Gasteiger partial charge in [-0.2, -0.15) is 5.26 Å². The van der Waals surface area contributed by atoms with Gasteiger partial charge in [0.15, 0.2) is 0 Å². The van der Waals surface area contributed by atoms with Crippen molar-refractivity contribution in [2.24, 2.45) is 23.7 Å². The molecule has 0 amide bonds. The summed E-state index contributed by atoms with van der Waals surface area (Å²) in [5.74, 6) is 4.11. The number of aliphatic hydroxyl groups excluding tert-OH is 2. The second-order valence-electron chi connectivity index (χ2n) is 9.44. The molecule has 6 unspecified atom stereocenters. The molecule has 4 fully saturated rings. The lowest BCUT2D eigenvalue weighted by atomic mass is 9.80. The minimum absolute atomic E-state index is 0.144. The predicted octanol–water partition coefficient (Wildman–Crippen LogP) is 2.15. The van der Waals surface area contributed by atoms with E-state index in [9.17, 15) is 15.5 Å². The van der Waals surface area contributed by atoms with E-state index in [2.05, 4.69) is 15.9 Å². The highest BCUT2D eigenvalue weighted by Crippen LogP contribution is 2.41. The predicted molar refractivity (Wildman–Crippen MR) is 107 cm³/mol. The van der Waals surface area contributed by atoms with Crippen LogP contribution in [0, 0.1) is 35.0 Å². The third kappa shape index (κ3) is 3.25. The Morgan fingerprint density at radius 3 is 2.04 bits per heavy atom. The minimum atomic E-state index is -0.167. The average molecular weight is 383 g/mol. The molecule has 1 aromatic rings. The Morgan fingerprint density at radius 1 is 0.821 bits per heavy atom. The number of anilines is 2. The first-order valence-corrected chi connectivity index (χ1v) is 10.9. The topological polar surface area (TPSA) is 83.6 Å². The Labute approximate surface area is 166 Å². The van der Waals surface area contributed by atoms with Crippen molar-refractivity contribution in [1.82, 2.24) is 4.98 Å². The smallest absolute Gasteiger partial charge is 0.148 e. The Balaban J connectivity index is 1.37. The maximum Gasteiger partial charge on any atom is 0.148 e. The zero-order valence-corrected chi connectivity index (χ0v) is 16.4. The minimum Gasteiger partial charge on any atom is -0.393 e. The second kappa shape index (κ2) is 7.20. The molecule has 2 saturated carbocycles. The fraction of sp³-hybridized carbons (Fsp3) is 0.727. The van der Waals surface area contributed by atoms with Crippen LogP contribution >= 0.6 is 0 Å². The monoisotopic (exact) mass is 382 g/mol. The molecule has 28 heavy (non-hydrogen) atoms. The molecule has 4 aliphatic rings. The standard InChI is InChI=1S/C22H30N4O2/c23-9-14-3-6-21(25-10-15-1-4-19(27)7-17(15)12-25)24-22(14)26-11-16-2-5-20(28)8-18(16)13-26/h3,6,15-20,27-28H,1-2,4-5,7-8,10-13H2. The second-order valence-corrected chi connectivity index (χ2v) is 9.44. The van der Waals surface area contributed by atoms with Crippen molar-refractivity contribution in [3.05, 3.63) is 17.7 Å². The lowest BCUT2D eigenvalue weighted by Gasteiger charge is -2.27. The summed E-state index contributed by atoms with van der Waals surface area (Å²) in [4.78, 5) is 9.60. The van der Waals surface area contributed by atoms with Gasteiger partial charge in [0, 0.05) is 26.2 Å². The molecule has 6 nitrogen and oxygen atoms in total. The molecule has 0 aromatic carbocycles. The quantitative estimate of drug-likeness (QED) is 0.815. The summed E-state index contributed by atoms with van der Waals surface area (Å²) in [6, 6.07) is 6.24. The summed E-state index contributed by atoms with van der Waals surface area (Å²) >= 11 is 0. The van der Waals surface area contributed by atoms with E-state index < -0.39 is 0 Å². The fourth-order valence-corrected chi connectivity index (χ4v) is 6.12. The van der Waals surface area contributed by atoms with Gasteiger partial charge in [-0.3, -0.25) is 0 Å². The summed E-state index contributed by atoms with van der Waals surface area (Å²) in [5, 5.41) is 29.6. The number of pyridine rings is 1. The summed E-state index contributed by atoms with van der Waals surface area (Å²) in [7, 11) is 0. The van der Waals surface area contributed by atoms with Crippen molar-refractivity contribution < 1.29 is 10.2 Å². The van der Waals surface area contributed by atoms with Crippen LogP contribution in [0.2, 0.25) is 0 Å². The van der Waals surface area contributed by atoms with Crippen molar-refractivity contribution in [1.29, 1.82) is 5.26 Å². The van der Waals surface area contributed by atoms with Crippen molar-refractivity contribution >= 4 is 11.6 Å². The van der Waals surface area contributed by atoms with Crippen molar-refractivity contribution in [3.8, 4) is 6.07 Å². The molecule has 0 spiro atoms. The highest BCUT2D eigenvalue weighted by Gasteiger charge is 2.40. The van der Waals surface area contributed by atoms with Crippen LogP contribution in [0.25, 0.3) is 0 Å². The molecule has 3 heterocycles. The van der Waals surface area contributed by atoms with Gasteiger partial charge in [0.1, 0.15) is 17.7 Å². The number of hydrogen-bond donors (Lipinski definition) is 2. The normalized spacial score (nSPS) is 37.5. The summed E-state index contributed by atoms with van der Waals surface area (Å²) < 4.78 is 0. The highest BCUT2D eigenvalue weighted by molar-refractivity contribution is 5.60. The zero-order valence-electron chi connectivity index (χ0n) is 16.4. The maximum atomic E-state index is 10.0. The summed E-state index contributed by atoms with van der Waals surface area (Å²) in [6.45, 7) is 3.80. The van der Waals surface area contributed by atoms with Gasteiger partial charge >= 0.3 is 0 Å². The first kappa shape index (κ1) is 18.2. The maximum absolute atomic E-state index is 10.0. The van der Waals surface area contributed by atoms with Gasteiger partial charge < -0.3 is 20.0 Å². The van der Waals surface area contributed by atoms with Crippen LogP contribution in [0.15, 0.2) is 12.1 Å². The number of nitrogens with zero attached hydrogens (tertiary/aromatic N) is 4. The van der Waals surface area contributed by atoms with E-state index in [-0.39, 0.29) is 12.2 Å². The van der Waals surface area contributed by atoms with Crippen LogP contribution in [0.3, 0.4) is 0 Å².